The molecule has 2 heterocycles. The van der Waals surface area contributed by atoms with Crippen molar-refractivity contribution in [2.75, 3.05) is 26.1 Å². The number of nitrogens with two attached hydrogens (primary N) is 1. The summed E-state index contributed by atoms with van der Waals surface area (Å²) in [7, 11) is -3.51. The minimum absolute atomic E-state index is 0.0189. The first-order valence-electron chi connectivity index (χ1n) is 9.24. The van der Waals surface area contributed by atoms with E-state index in [0.29, 0.717) is 0 Å². The summed E-state index contributed by atoms with van der Waals surface area (Å²) in [5.74, 6) is -0.693. The highest BCUT2D eigenvalue weighted by atomic mass is 31.2. The Balaban J connectivity index is 1.56. The van der Waals surface area contributed by atoms with Gasteiger partial charge in [0.1, 0.15) is 18.5 Å². The Bertz CT molecular complexity index is 1000. The molecule has 31 heavy (non-hydrogen) atoms. The lowest BCUT2D eigenvalue weighted by molar-refractivity contribution is -0.210. The lowest BCUT2D eigenvalue weighted by Gasteiger charge is -2.29. The van der Waals surface area contributed by atoms with Crippen LogP contribution in [0.15, 0.2) is 47.4 Å². The Morgan fingerprint density at radius 1 is 1.42 bits per heavy atom. The Labute approximate surface area is 177 Å². The molecule has 13 heteroatoms. The third kappa shape index (κ3) is 6.44. The van der Waals surface area contributed by atoms with E-state index in [0.717, 1.165) is 12.7 Å². The van der Waals surface area contributed by atoms with Crippen LogP contribution < -0.4 is 21.4 Å². The number of ether oxygens (including phenoxy) is 3. The average Bonchev–Trinajstić information content (AvgIpc) is 3.21. The third-order valence-corrected chi connectivity index (χ3v) is 5.48. The molecule has 1 fully saturated rings. The first kappa shape index (κ1) is 23.1. The van der Waals surface area contributed by atoms with Crippen LogP contribution in [0.25, 0.3) is 0 Å². The molecular weight excluding hydrogens is 431 g/mol. The number of rotatable bonds is 9. The number of nitrogens with one attached hydrogen (secondary N) is 1. The van der Waals surface area contributed by atoms with E-state index in [9.17, 15) is 19.0 Å². The van der Waals surface area contributed by atoms with Crippen molar-refractivity contribution in [3.8, 4) is 0 Å². The lowest BCUT2D eigenvalue weighted by atomic mass is 10.1. The molecule has 1 aliphatic heterocycles. The molecule has 4 atom stereocenters. The lowest BCUT2D eigenvalue weighted by Crippen LogP contribution is -2.41. The summed E-state index contributed by atoms with van der Waals surface area (Å²) in [6.07, 6.45) is -0.389. The number of carbonyl (C=O) groups is 1. The van der Waals surface area contributed by atoms with Gasteiger partial charge in [0.15, 0.2) is 12.5 Å². The van der Waals surface area contributed by atoms with Crippen LogP contribution in [0.5, 0.6) is 0 Å². The number of carbonyl (C=O) groups excluding carboxylic acids is 1. The first-order valence-corrected chi connectivity index (χ1v) is 10.8. The topological polar surface area (TPSA) is 167 Å². The fourth-order valence-corrected chi connectivity index (χ4v) is 3.85. The summed E-state index contributed by atoms with van der Waals surface area (Å²) in [6, 6.07) is 9.09. The number of anilines is 1. The highest BCUT2D eigenvalue weighted by Gasteiger charge is 2.31. The van der Waals surface area contributed by atoms with Crippen LogP contribution in [-0.2, 0) is 34.5 Å². The minimum Gasteiger partial charge on any atom is -0.766 e. The van der Waals surface area contributed by atoms with E-state index in [1.807, 2.05) is 0 Å². The zero-order valence-electron chi connectivity index (χ0n) is 16.6. The van der Waals surface area contributed by atoms with E-state index in [1.165, 1.54) is 16.8 Å². The smallest absolute Gasteiger partial charge is 0.351 e. The maximum atomic E-state index is 12.3. The van der Waals surface area contributed by atoms with Crippen LogP contribution in [0, 0.1) is 0 Å². The highest BCUT2D eigenvalue weighted by Crippen LogP contribution is 2.34. The number of hydrogen-bond donors (Lipinski definition) is 2. The average molecular weight is 453 g/mol. The molecule has 3 unspecified atom stereocenters. The van der Waals surface area contributed by atoms with Crippen LogP contribution in [0.4, 0.5) is 5.82 Å². The van der Waals surface area contributed by atoms with Crippen molar-refractivity contribution in [2.24, 2.45) is 0 Å². The fourth-order valence-electron chi connectivity index (χ4n) is 2.88. The van der Waals surface area contributed by atoms with Gasteiger partial charge >= 0.3 is 11.7 Å². The van der Waals surface area contributed by atoms with Crippen LogP contribution in [0.3, 0.4) is 0 Å². The summed E-state index contributed by atoms with van der Waals surface area (Å²) < 4.78 is 33.9. The van der Waals surface area contributed by atoms with Crippen molar-refractivity contribution in [3.63, 3.8) is 0 Å². The molecule has 12 nitrogen and oxygen atoms in total. The predicted molar refractivity (Wildman–Crippen MR) is 105 cm³/mol. The van der Waals surface area contributed by atoms with Gasteiger partial charge in [0, 0.05) is 6.20 Å². The van der Waals surface area contributed by atoms with Gasteiger partial charge in [-0.15, -0.1) is 0 Å². The van der Waals surface area contributed by atoms with Gasteiger partial charge < -0.3 is 29.4 Å². The number of nitrogens with zero attached hydrogens (tertiary/aromatic N) is 2. The van der Waals surface area contributed by atoms with E-state index in [4.69, 9.17) is 19.7 Å². The molecule has 0 spiro atoms. The van der Waals surface area contributed by atoms with E-state index in [-0.39, 0.29) is 18.8 Å². The molecule has 168 valence electrons. The molecule has 1 saturated heterocycles. The largest absolute Gasteiger partial charge is 0.766 e. The van der Waals surface area contributed by atoms with E-state index in [1.54, 1.807) is 30.3 Å². The van der Waals surface area contributed by atoms with Crippen LogP contribution in [0.1, 0.15) is 11.8 Å². The Morgan fingerprint density at radius 2 is 2.16 bits per heavy atom. The third-order valence-electron chi connectivity index (χ3n) is 4.36. The monoisotopic (exact) mass is 453 g/mol. The summed E-state index contributed by atoms with van der Waals surface area (Å²) in [4.78, 5) is 39.8. The molecule has 3 rings (SSSR count). The number of nitrogen functional groups attached to an aromatic ring is 1. The Morgan fingerprint density at radius 3 is 2.84 bits per heavy atom. The minimum atomic E-state index is -4.67. The molecular formula is C18H22N4O8P-. The standard InChI is InChI=1S/C18H23N4O8P/c1-27-17(23)13(9-12-5-3-2-4-6-12)21-31(25,26)29-11-16-28-10-15(30-16)22-8-7-14(19)20-18(22)24/h2-8,13,15-16H,9-11H2,1H3,(H2,19,20,24)(H2,21,25,26)/p-1/t13?,15-,16?/m0/s1. The van der Waals surface area contributed by atoms with Gasteiger partial charge in [0.2, 0.25) is 7.75 Å². The number of aromatic nitrogens is 2. The zero-order chi connectivity index (χ0) is 22.4. The molecule has 1 aromatic heterocycles. The highest BCUT2D eigenvalue weighted by molar-refractivity contribution is 7.49. The molecule has 0 aliphatic carbocycles. The molecule has 0 bridgehead atoms. The summed E-state index contributed by atoms with van der Waals surface area (Å²) in [6.45, 7) is -0.504. The molecule has 0 saturated carbocycles. The number of hydrogen-bond acceptors (Lipinski definition) is 10. The first-order chi connectivity index (χ1) is 14.8. The van der Waals surface area contributed by atoms with Gasteiger partial charge in [-0.05, 0) is 18.1 Å². The molecule has 1 aromatic carbocycles. The maximum absolute atomic E-state index is 12.3. The second-order valence-corrected chi connectivity index (χ2v) is 8.10. The summed E-state index contributed by atoms with van der Waals surface area (Å²) in [5, 5.41) is 2.19. The fraction of sp³-hybridized carbons (Fsp3) is 0.389. The molecule has 2 aromatic rings. The van der Waals surface area contributed by atoms with Crippen molar-refractivity contribution in [1.82, 2.24) is 14.6 Å². The van der Waals surface area contributed by atoms with Crippen LogP contribution >= 0.6 is 7.75 Å². The number of benzene rings is 1. The molecule has 0 amide bonds. The zero-order valence-corrected chi connectivity index (χ0v) is 17.5. The van der Waals surface area contributed by atoms with Gasteiger partial charge in [0.25, 0.3) is 0 Å². The van der Waals surface area contributed by atoms with E-state index < -0.39 is 44.6 Å². The number of esters is 1. The van der Waals surface area contributed by atoms with Crippen molar-refractivity contribution in [2.45, 2.75) is 25.0 Å². The molecule has 3 N–H and O–H groups in total. The van der Waals surface area contributed by atoms with Crippen molar-refractivity contribution < 1.29 is 33.0 Å². The molecule has 0 radical (unpaired) electrons. The Hall–Kier alpha value is -2.60. The summed E-state index contributed by atoms with van der Waals surface area (Å²) in [5.41, 5.74) is 5.55. The van der Waals surface area contributed by atoms with Gasteiger partial charge in [-0.2, -0.15) is 4.98 Å². The normalized spacial score (nSPS) is 21.4. The second-order valence-electron chi connectivity index (χ2n) is 6.58. The van der Waals surface area contributed by atoms with Gasteiger partial charge in [-0.3, -0.25) is 13.9 Å². The quantitative estimate of drug-likeness (QED) is 0.373. The van der Waals surface area contributed by atoms with Crippen LogP contribution in [0.2, 0.25) is 0 Å². The SMILES string of the molecule is COC(=O)C(Cc1ccccc1)NP(=O)([O-])OCC1OC[C@@H](n2ccc(N)nc2=O)O1. The predicted octanol–water partition coefficient (Wildman–Crippen LogP) is -0.444. The van der Waals surface area contributed by atoms with Crippen molar-refractivity contribution in [1.29, 1.82) is 0 Å². The Kier molecular flexibility index (Phi) is 7.55. The second kappa shape index (κ2) is 10.1. The summed E-state index contributed by atoms with van der Waals surface area (Å²) >= 11 is 0. The van der Waals surface area contributed by atoms with Gasteiger partial charge in [0.05, 0.1) is 13.7 Å². The van der Waals surface area contributed by atoms with E-state index >= 15 is 0 Å². The van der Waals surface area contributed by atoms with Gasteiger partial charge in [-0.1, -0.05) is 30.3 Å². The van der Waals surface area contributed by atoms with Gasteiger partial charge in [-0.25, -0.2) is 9.88 Å². The number of methoxy groups -OCH3 is 1. The maximum Gasteiger partial charge on any atom is 0.351 e. The van der Waals surface area contributed by atoms with Crippen LogP contribution in [-0.4, -0.2) is 48.2 Å². The van der Waals surface area contributed by atoms with E-state index in [2.05, 4.69) is 14.8 Å². The van der Waals surface area contributed by atoms with Crippen molar-refractivity contribution in [3.05, 3.63) is 58.6 Å². The van der Waals surface area contributed by atoms with Crippen molar-refractivity contribution >= 4 is 19.5 Å². The molecule has 1 aliphatic rings.